The van der Waals surface area contributed by atoms with E-state index in [0.717, 1.165) is 0 Å². The normalized spacial score (nSPS) is 29.8. The fourth-order valence-corrected chi connectivity index (χ4v) is 3.33. The minimum Gasteiger partial charge on any atom is -0.465 e. The van der Waals surface area contributed by atoms with Crippen LogP contribution in [0.15, 0.2) is 0 Å². The van der Waals surface area contributed by atoms with E-state index in [1.165, 1.54) is 25.2 Å². The molecular formula is C8H16NO2P. The summed E-state index contributed by atoms with van der Waals surface area (Å²) in [6.45, 7) is 2.98. The number of rotatable bonds is 2. The quantitative estimate of drug-likeness (QED) is 0.650. The van der Waals surface area contributed by atoms with E-state index in [9.17, 15) is 4.79 Å². The van der Waals surface area contributed by atoms with Gasteiger partial charge in [-0.15, -0.1) is 7.92 Å². The monoisotopic (exact) mass is 189 g/mol. The largest absolute Gasteiger partial charge is 0.465 e. The second-order valence-electron chi connectivity index (χ2n) is 3.43. The molecule has 1 heterocycles. The molecule has 0 saturated carbocycles. The minimum atomic E-state index is -0.890. The summed E-state index contributed by atoms with van der Waals surface area (Å²) in [6, 6.07) is 0. The van der Waals surface area contributed by atoms with Gasteiger partial charge in [-0.3, -0.25) is 0 Å². The predicted molar refractivity (Wildman–Crippen MR) is 51.3 cm³/mol. The predicted octanol–water partition coefficient (Wildman–Crippen LogP) is 1.78. The molecule has 12 heavy (non-hydrogen) atoms. The Kier molecular flexibility index (Phi) is 3.80. The zero-order valence-corrected chi connectivity index (χ0v) is 8.31. The van der Waals surface area contributed by atoms with E-state index < -0.39 is 6.09 Å². The van der Waals surface area contributed by atoms with E-state index in [0.29, 0.717) is 12.5 Å². The molecule has 2 N–H and O–H groups in total. The molecule has 1 saturated heterocycles. The van der Waals surface area contributed by atoms with E-state index in [4.69, 9.17) is 5.11 Å². The third-order valence-electron chi connectivity index (χ3n) is 2.38. The molecule has 4 heteroatoms. The first kappa shape index (κ1) is 9.79. The highest BCUT2D eigenvalue weighted by molar-refractivity contribution is 7.56. The van der Waals surface area contributed by atoms with Gasteiger partial charge in [-0.2, -0.15) is 0 Å². The summed E-state index contributed by atoms with van der Waals surface area (Å²) in [4.78, 5) is 10.2. The van der Waals surface area contributed by atoms with Crippen molar-refractivity contribution in [3.8, 4) is 0 Å². The smallest absolute Gasteiger partial charge is 0.404 e. The van der Waals surface area contributed by atoms with Gasteiger partial charge in [0, 0.05) is 6.54 Å². The average Bonchev–Trinajstić information content (AvgIpc) is 2.03. The first-order chi connectivity index (χ1) is 5.68. The number of amides is 1. The minimum absolute atomic E-state index is 0.280. The third-order valence-corrected chi connectivity index (χ3v) is 4.42. The molecule has 0 aromatic rings. The van der Waals surface area contributed by atoms with Crippen LogP contribution in [-0.4, -0.2) is 36.7 Å². The molecule has 0 radical (unpaired) electrons. The molecule has 70 valence electrons. The molecule has 1 aliphatic rings. The Morgan fingerprint density at radius 2 is 2.17 bits per heavy atom. The van der Waals surface area contributed by atoms with Gasteiger partial charge in [-0.1, -0.05) is 0 Å². The van der Waals surface area contributed by atoms with Gasteiger partial charge >= 0.3 is 6.09 Å². The van der Waals surface area contributed by atoms with Crippen LogP contribution in [0.25, 0.3) is 0 Å². The second-order valence-corrected chi connectivity index (χ2v) is 6.04. The van der Waals surface area contributed by atoms with Crippen LogP contribution in [-0.2, 0) is 0 Å². The first-order valence-corrected chi connectivity index (χ1v) is 6.50. The van der Waals surface area contributed by atoms with Gasteiger partial charge in [0.2, 0.25) is 0 Å². The highest BCUT2D eigenvalue weighted by Gasteiger charge is 2.17. The molecule has 0 bridgehead atoms. The van der Waals surface area contributed by atoms with Gasteiger partial charge in [-0.25, -0.2) is 4.79 Å². The Balaban J connectivity index is 2.13. The lowest BCUT2D eigenvalue weighted by Gasteiger charge is -2.26. The van der Waals surface area contributed by atoms with E-state index in [1.54, 1.807) is 0 Å². The Bertz CT molecular complexity index is 155. The van der Waals surface area contributed by atoms with Crippen LogP contribution < -0.4 is 5.32 Å². The van der Waals surface area contributed by atoms with Crippen molar-refractivity contribution in [3.05, 3.63) is 0 Å². The molecule has 0 aromatic heterocycles. The molecule has 1 amide bonds. The molecule has 1 fully saturated rings. The Morgan fingerprint density at radius 3 is 2.67 bits per heavy atom. The van der Waals surface area contributed by atoms with Gasteiger partial charge in [0.15, 0.2) is 0 Å². The van der Waals surface area contributed by atoms with Crippen molar-refractivity contribution in [1.82, 2.24) is 5.32 Å². The van der Waals surface area contributed by atoms with E-state index in [1.807, 2.05) is 0 Å². The summed E-state index contributed by atoms with van der Waals surface area (Å²) in [5.41, 5.74) is 0. The lowest BCUT2D eigenvalue weighted by atomic mass is 10.0. The number of hydrogen-bond acceptors (Lipinski definition) is 1. The molecule has 1 aliphatic heterocycles. The van der Waals surface area contributed by atoms with Crippen molar-refractivity contribution in [2.75, 3.05) is 25.5 Å². The van der Waals surface area contributed by atoms with E-state index >= 15 is 0 Å². The van der Waals surface area contributed by atoms with Crippen LogP contribution in [0, 0.1) is 5.92 Å². The molecule has 0 aliphatic carbocycles. The van der Waals surface area contributed by atoms with E-state index in [-0.39, 0.29) is 7.92 Å². The van der Waals surface area contributed by atoms with Crippen LogP contribution in [0.5, 0.6) is 0 Å². The van der Waals surface area contributed by atoms with Crippen LogP contribution in [0.3, 0.4) is 0 Å². The average molecular weight is 189 g/mol. The number of hydrogen-bond donors (Lipinski definition) is 2. The van der Waals surface area contributed by atoms with Crippen molar-refractivity contribution in [1.29, 1.82) is 0 Å². The van der Waals surface area contributed by atoms with Crippen molar-refractivity contribution in [2.24, 2.45) is 5.92 Å². The summed E-state index contributed by atoms with van der Waals surface area (Å²) in [5, 5.41) is 10.8. The zero-order chi connectivity index (χ0) is 8.97. The van der Waals surface area contributed by atoms with Crippen LogP contribution in [0.1, 0.15) is 12.8 Å². The van der Waals surface area contributed by atoms with Crippen molar-refractivity contribution < 1.29 is 9.90 Å². The highest BCUT2D eigenvalue weighted by atomic mass is 31.1. The zero-order valence-electron chi connectivity index (χ0n) is 7.42. The van der Waals surface area contributed by atoms with Crippen molar-refractivity contribution >= 4 is 14.0 Å². The fourth-order valence-electron chi connectivity index (χ4n) is 1.50. The van der Waals surface area contributed by atoms with Gasteiger partial charge < -0.3 is 10.4 Å². The fraction of sp³-hybridized carbons (Fsp3) is 0.875. The summed E-state index contributed by atoms with van der Waals surface area (Å²) in [5.74, 6) is 0.597. The summed E-state index contributed by atoms with van der Waals surface area (Å²) >= 11 is 0. The lowest BCUT2D eigenvalue weighted by molar-refractivity contribution is 0.192. The first-order valence-electron chi connectivity index (χ1n) is 4.34. The summed E-state index contributed by atoms with van der Waals surface area (Å²) in [6.07, 6.45) is 4.17. The number of carbonyl (C=O) groups is 1. The maximum absolute atomic E-state index is 10.2. The molecule has 0 spiro atoms. The Labute approximate surface area is 74.3 Å². The highest BCUT2D eigenvalue weighted by Crippen LogP contribution is 2.39. The SMILES string of the molecule is CP1CCC(CNC(=O)O)CC1. The molecule has 3 nitrogen and oxygen atoms in total. The van der Waals surface area contributed by atoms with Crippen LogP contribution >= 0.6 is 7.92 Å². The van der Waals surface area contributed by atoms with E-state index in [2.05, 4.69) is 12.0 Å². The molecular weight excluding hydrogens is 173 g/mol. The Hall–Kier alpha value is -0.300. The van der Waals surface area contributed by atoms with Crippen LogP contribution in [0.2, 0.25) is 0 Å². The Morgan fingerprint density at radius 1 is 1.58 bits per heavy atom. The maximum atomic E-state index is 10.2. The third kappa shape index (κ3) is 3.40. The standard InChI is InChI=1S/C8H16NO2P/c1-12-4-2-7(3-5-12)6-9-8(10)11/h7,9H,2-6H2,1H3,(H,10,11). The van der Waals surface area contributed by atoms with Crippen molar-refractivity contribution in [3.63, 3.8) is 0 Å². The lowest BCUT2D eigenvalue weighted by Crippen LogP contribution is -2.29. The van der Waals surface area contributed by atoms with Gasteiger partial charge in [0.25, 0.3) is 0 Å². The van der Waals surface area contributed by atoms with Gasteiger partial charge in [0.05, 0.1) is 0 Å². The van der Waals surface area contributed by atoms with Gasteiger partial charge in [-0.05, 0) is 37.7 Å². The second kappa shape index (κ2) is 4.66. The summed E-state index contributed by atoms with van der Waals surface area (Å²) in [7, 11) is 0.280. The number of carboxylic acid groups (broad SMARTS) is 1. The molecule has 0 aromatic carbocycles. The summed E-state index contributed by atoms with van der Waals surface area (Å²) < 4.78 is 0. The molecule has 0 atom stereocenters. The molecule has 1 rings (SSSR count). The number of nitrogens with one attached hydrogen (secondary N) is 1. The van der Waals surface area contributed by atoms with Crippen molar-refractivity contribution in [2.45, 2.75) is 12.8 Å². The maximum Gasteiger partial charge on any atom is 0.404 e. The topological polar surface area (TPSA) is 49.3 Å². The van der Waals surface area contributed by atoms with Crippen LogP contribution in [0.4, 0.5) is 4.79 Å². The van der Waals surface area contributed by atoms with Gasteiger partial charge in [0.1, 0.15) is 0 Å². The molecule has 0 unspecified atom stereocenters.